The highest BCUT2D eigenvalue weighted by atomic mass is 16.6. The predicted octanol–water partition coefficient (Wildman–Crippen LogP) is 10.2. The molecule has 0 aromatic heterocycles. The van der Waals surface area contributed by atoms with E-state index in [1.807, 2.05) is 0 Å². The van der Waals surface area contributed by atoms with Crippen LogP contribution >= 0.6 is 0 Å². The average molecular weight is 409 g/mol. The lowest BCUT2D eigenvalue weighted by molar-refractivity contribution is 0.347. The van der Waals surface area contributed by atoms with Gasteiger partial charge in [-0.15, -0.1) is 0 Å². The summed E-state index contributed by atoms with van der Waals surface area (Å²) in [6.45, 7) is 4.60. The maximum atomic E-state index is 5.89. The number of rotatable bonds is 24. The van der Waals surface area contributed by atoms with E-state index in [1.165, 1.54) is 154 Å². The fourth-order valence-corrected chi connectivity index (χ4v) is 4.71. The van der Waals surface area contributed by atoms with Crippen LogP contribution in [0.5, 0.6) is 0 Å². The van der Waals surface area contributed by atoms with E-state index in [0.29, 0.717) is 12.2 Å². The lowest BCUT2D eigenvalue weighted by atomic mass is 10.0. The molecule has 1 rings (SSSR count). The van der Waals surface area contributed by atoms with Gasteiger partial charge in [0.25, 0.3) is 0 Å². The van der Waals surface area contributed by atoms with E-state index in [-0.39, 0.29) is 0 Å². The Labute approximate surface area is 185 Å². The summed E-state index contributed by atoms with van der Waals surface area (Å²) < 4.78 is 5.89. The number of hydrogen-bond donors (Lipinski definition) is 0. The Balaban J connectivity index is 1.69. The molecule has 0 spiro atoms. The zero-order valence-electron chi connectivity index (χ0n) is 20.5. The third-order valence-corrected chi connectivity index (χ3v) is 6.87. The molecule has 1 heterocycles. The molecule has 2 atom stereocenters. The normalized spacial score (nSPS) is 18.4. The summed E-state index contributed by atoms with van der Waals surface area (Å²) in [7, 11) is 0. The highest BCUT2D eigenvalue weighted by Gasteiger charge is 2.36. The lowest BCUT2D eigenvalue weighted by Crippen LogP contribution is -1.95. The molecule has 0 aliphatic carbocycles. The highest BCUT2D eigenvalue weighted by Crippen LogP contribution is 2.32. The third-order valence-electron chi connectivity index (χ3n) is 6.87. The van der Waals surface area contributed by atoms with Gasteiger partial charge in [-0.2, -0.15) is 0 Å². The van der Waals surface area contributed by atoms with Crippen molar-refractivity contribution >= 4 is 0 Å². The zero-order valence-corrected chi connectivity index (χ0v) is 20.5. The summed E-state index contributed by atoms with van der Waals surface area (Å²) in [5.41, 5.74) is 0. The van der Waals surface area contributed by atoms with Crippen molar-refractivity contribution in [2.45, 2.75) is 180 Å². The number of hydrogen-bond acceptors (Lipinski definition) is 1. The van der Waals surface area contributed by atoms with Crippen molar-refractivity contribution in [1.29, 1.82) is 0 Å². The van der Waals surface area contributed by atoms with Crippen LogP contribution in [0.15, 0.2) is 0 Å². The molecule has 1 saturated heterocycles. The number of epoxide rings is 1. The first-order chi connectivity index (χ1) is 14.4. The molecule has 0 radical (unpaired) electrons. The Hall–Kier alpha value is -0.0400. The summed E-state index contributed by atoms with van der Waals surface area (Å²) in [4.78, 5) is 0. The van der Waals surface area contributed by atoms with Crippen molar-refractivity contribution in [3.8, 4) is 0 Å². The Morgan fingerprint density at radius 3 is 0.862 bits per heavy atom. The Kier molecular flexibility index (Phi) is 19.7. The summed E-state index contributed by atoms with van der Waals surface area (Å²) >= 11 is 0. The molecule has 0 saturated carbocycles. The second kappa shape index (κ2) is 21.2. The van der Waals surface area contributed by atoms with Gasteiger partial charge in [0.05, 0.1) is 12.2 Å². The van der Waals surface area contributed by atoms with Crippen molar-refractivity contribution in [3.05, 3.63) is 0 Å². The van der Waals surface area contributed by atoms with E-state index in [4.69, 9.17) is 4.74 Å². The molecule has 1 aliphatic heterocycles. The lowest BCUT2D eigenvalue weighted by Gasteiger charge is -2.03. The van der Waals surface area contributed by atoms with Crippen LogP contribution in [-0.4, -0.2) is 12.2 Å². The quantitative estimate of drug-likeness (QED) is 0.114. The minimum absolute atomic E-state index is 0.636. The summed E-state index contributed by atoms with van der Waals surface area (Å²) in [6, 6.07) is 0. The molecule has 0 aromatic carbocycles. The largest absolute Gasteiger partial charge is 0.370 e. The van der Waals surface area contributed by atoms with Crippen molar-refractivity contribution < 1.29 is 4.74 Å². The first kappa shape index (κ1) is 27.0. The highest BCUT2D eigenvalue weighted by molar-refractivity contribution is 4.84. The molecule has 1 heteroatoms. The summed E-state index contributed by atoms with van der Waals surface area (Å²) in [5, 5.41) is 0. The minimum atomic E-state index is 0.636. The first-order valence-electron chi connectivity index (χ1n) is 14.0. The maximum absolute atomic E-state index is 5.89. The second-order valence-corrected chi connectivity index (χ2v) is 9.86. The van der Waals surface area contributed by atoms with Crippen molar-refractivity contribution in [3.63, 3.8) is 0 Å². The van der Waals surface area contributed by atoms with E-state index in [2.05, 4.69) is 13.8 Å². The van der Waals surface area contributed by atoms with E-state index < -0.39 is 0 Å². The number of unbranched alkanes of at least 4 members (excludes halogenated alkanes) is 20. The van der Waals surface area contributed by atoms with Crippen LogP contribution in [0.3, 0.4) is 0 Å². The monoisotopic (exact) mass is 408 g/mol. The van der Waals surface area contributed by atoms with E-state index in [0.717, 1.165) is 0 Å². The Morgan fingerprint density at radius 2 is 0.586 bits per heavy atom. The van der Waals surface area contributed by atoms with Crippen LogP contribution in [-0.2, 0) is 4.74 Å². The fourth-order valence-electron chi connectivity index (χ4n) is 4.71. The van der Waals surface area contributed by atoms with Crippen LogP contribution < -0.4 is 0 Å². The first-order valence-corrected chi connectivity index (χ1v) is 14.0. The second-order valence-electron chi connectivity index (χ2n) is 9.86. The third kappa shape index (κ3) is 18.4. The predicted molar refractivity (Wildman–Crippen MR) is 131 cm³/mol. The smallest absolute Gasteiger partial charge is 0.0841 e. The van der Waals surface area contributed by atoms with Crippen molar-refractivity contribution in [1.82, 2.24) is 0 Å². The number of ether oxygens (including phenoxy) is 1. The van der Waals surface area contributed by atoms with Crippen LogP contribution in [0.25, 0.3) is 0 Å². The van der Waals surface area contributed by atoms with E-state index in [1.54, 1.807) is 0 Å². The molecule has 174 valence electrons. The fraction of sp³-hybridized carbons (Fsp3) is 1.00. The Morgan fingerprint density at radius 1 is 0.345 bits per heavy atom. The van der Waals surface area contributed by atoms with Gasteiger partial charge in [-0.25, -0.2) is 0 Å². The molecule has 0 N–H and O–H groups in total. The molecule has 0 bridgehead atoms. The van der Waals surface area contributed by atoms with Crippen LogP contribution in [0.1, 0.15) is 168 Å². The molecule has 2 unspecified atom stereocenters. The minimum Gasteiger partial charge on any atom is -0.370 e. The topological polar surface area (TPSA) is 12.5 Å². The Bertz CT molecular complexity index is 313. The molecular formula is C28H56O. The maximum Gasteiger partial charge on any atom is 0.0841 e. The molecular weight excluding hydrogens is 352 g/mol. The standard InChI is InChI=1S/C28H56O/c1-3-5-7-9-11-13-14-15-16-17-18-20-22-24-26-28-27(29-28)25-23-21-19-12-10-8-6-4-2/h27-28H,3-26H2,1-2H3. The van der Waals surface area contributed by atoms with Gasteiger partial charge in [0.1, 0.15) is 0 Å². The van der Waals surface area contributed by atoms with E-state index in [9.17, 15) is 0 Å². The van der Waals surface area contributed by atoms with Gasteiger partial charge in [0.2, 0.25) is 0 Å². The van der Waals surface area contributed by atoms with Crippen molar-refractivity contribution in [2.75, 3.05) is 0 Å². The van der Waals surface area contributed by atoms with Crippen LogP contribution in [0.2, 0.25) is 0 Å². The molecule has 29 heavy (non-hydrogen) atoms. The molecule has 0 aromatic rings. The van der Waals surface area contributed by atoms with Gasteiger partial charge in [0.15, 0.2) is 0 Å². The molecule has 0 amide bonds. The SMILES string of the molecule is CCCCCCCCCCCCCCCCC1OC1CCCCCCCCCC. The van der Waals surface area contributed by atoms with Crippen LogP contribution in [0.4, 0.5) is 0 Å². The zero-order chi connectivity index (χ0) is 20.8. The van der Waals surface area contributed by atoms with Gasteiger partial charge >= 0.3 is 0 Å². The van der Waals surface area contributed by atoms with E-state index >= 15 is 0 Å². The molecule has 1 aliphatic rings. The summed E-state index contributed by atoms with van der Waals surface area (Å²) in [6.07, 6.45) is 35.7. The van der Waals surface area contributed by atoms with Gasteiger partial charge in [-0.3, -0.25) is 0 Å². The van der Waals surface area contributed by atoms with Gasteiger partial charge in [0, 0.05) is 0 Å². The van der Waals surface area contributed by atoms with Gasteiger partial charge in [-0.05, 0) is 12.8 Å². The van der Waals surface area contributed by atoms with Gasteiger partial charge in [-0.1, -0.05) is 155 Å². The van der Waals surface area contributed by atoms with Crippen LogP contribution in [0, 0.1) is 0 Å². The average Bonchev–Trinajstić information content (AvgIpc) is 3.48. The summed E-state index contributed by atoms with van der Waals surface area (Å²) in [5.74, 6) is 0. The van der Waals surface area contributed by atoms with Gasteiger partial charge < -0.3 is 4.74 Å². The molecule has 1 fully saturated rings. The van der Waals surface area contributed by atoms with Crippen molar-refractivity contribution in [2.24, 2.45) is 0 Å². The molecule has 1 nitrogen and oxygen atoms in total.